The molecule has 0 N–H and O–H groups in total. The monoisotopic (exact) mass is 183 g/mol. The Morgan fingerprint density at radius 3 is 2.38 bits per heavy atom. The molecule has 0 aliphatic rings. The molecule has 3 heteroatoms. The maximum absolute atomic E-state index is 11.5. The summed E-state index contributed by atoms with van der Waals surface area (Å²) in [7, 11) is 1.33. The Hall–Kier alpha value is -1.04. The SMILES string of the molecule is CC[C@@H](C)[C@@](C#N)(CC)C(=O)OC. The third-order valence-electron chi connectivity index (χ3n) is 2.76. The molecule has 0 unspecified atom stereocenters. The van der Waals surface area contributed by atoms with E-state index in [-0.39, 0.29) is 5.92 Å². The third kappa shape index (κ3) is 2.00. The first-order chi connectivity index (χ1) is 6.08. The van der Waals surface area contributed by atoms with Crippen molar-refractivity contribution in [2.45, 2.75) is 33.6 Å². The lowest BCUT2D eigenvalue weighted by Gasteiger charge is -2.27. The molecule has 0 saturated heterocycles. The molecule has 0 bridgehead atoms. The number of carbonyl (C=O) groups is 1. The summed E-state index contributed by atoms with van der Waals surface area (Å²) in [6.07, 6.45) is 1.31. The number of hydrogen-bond donors (Lipinski definition) is 0. The molecule has 2 atom stereocenters. The summed E-state index contributed by atoms with van der Waals surface area (Å²) in [6, 6.07) is 2.09. The lowest BCUT2D eigenvalue weighted by atomic mass is 9.74. The average molecular weight is 183 g/mol. The van der Waals surface area contributed by atoms with Gasteiger partial charge in [-0.05, 0) is 12.3 Å². The Bertz CT molecular complexity index is 219. The van der Waals surface area contributed by atoms with Gasteiger partial charge in [0, 0.05) is 0 Å². The summed E-state index contributed by atoms with van der Waals surface area (Å²) in [4.78, 5) is 11.5. The van der Waals surface area contributed by atoms with Crippen molar-refractivity contribution >= 4 is 5.97 Å². The second-order valence-corrected chi connectivity index (χ2v) is 3.24. The van der Waals surface area contributed by atoms with Crippen LogP contribution in [0.15, 0.2) is 0 Å². The largest absolute Gasteiger partial charge is 0.468 e. The molecule has 0 heterocycles. The van der Waals surface area contributed by atoms with Crippen LogP contribution in [0.1, 0.15) is 33.6 Å². The maximum atomic E-state index is 11.5. The van der Waals surface area contributed by atoms with E-state index in [0.717, 1.165) is 6.42 Å². The van der Waals surface area contributed by atoms with E-state index in [1.54, 1.807) is 0 Å². The first-order valence-corrected chi connectivity index (χ1v) is 4.58. The minimum absolute atomic E-state index is 0.0370. The van der Waals surface area contributed by atoms with Gasteiger partial charge in [-0.15, -0.1) is 0 Å². The van der Waals surface area contributed by atoms with Crippen LogP contribution >= 0.6 is 0 Å². The standard InChI is InChI=1S/C10H17NO2/c1-5-8(3)10(6-2,7-11)9(12)13-4/h8H,5-6H2,1-4H3/t8-,10+/m1/s1. The summed E-state index contributed by atoms with van der Waals surface area (Å²) < 4.78 is 4.66. The van der Waals surface area contributed by atoms with Crippen LogP contribution in [-0.4, -0.2) is 13.1 Å². The minimum atomic E-state index is -0.955. The quantitative estimate of drug-likeness (QED) is 0.627. The number of ether oxygens (including phenoxy) is 1. The van der Waals surface area contributed by atoms with Gasteiger partial charge in [0.15, 0.2) is 5.41 Å². The first kappa shape index (κ1) is 12.0. The molecule has 0 fully saturated rings. The number of carbonyl (C=O) groups excluding carboxylic acids is 1. The number of hydrogen-bond acceptors (Lipinski definition) is 3. The van der Waals surface area contributed by atoms with E-state index in [2.05, 4.69) is 10.8 Å². The van der Waals surface area contributed by atoms with E-state index in [0.29, 0.717) is 6.42 Å². The van der Waals surface area contributed by atoms with Crippen LogP contribution in [0.3, 0.4) is 0 Å². The lowest BCUT2D eigenvalue weighted by Crippen LogP contribution is -2.36. The zero-order chi connectivity index (χ0) is 10.5. The highest BCUT2D eigenvalue weighted by atomic mass is 16.5. The van der Waals surface area contributed by atoms with Gasteiger partial charge < -0.3 is 4.74 Å². The van der Waals surface area contributed by atoms with Crippen molar-refractivity contribution in [2.24, 2.45) is 11.3 Å². The molecule has 0 radical (unpaired) electrons. The van der Waals surface area contributed by atoms with Gasteiger partial charge in [0.1, 0.15) is 0 Å². The van der Waals surface area contributed by atoms with Crippen LogP contribution in [0.2, 0.25) is 0 Å². The molecule has 0 aliphatic heterocycles. The smallest absolute Gasteiger partial charge is 0.326 e. The summed E-state index contributed by atoms with van der Waals surface area (Å²) >= 11 is 0. The van der Waals surface area contributed by atoms with Crippen LogP contribution in [0, 0.1) is 22.7 Å². The van der Waals surface area contributed by atoms with E-state index < -0.39 is 11.4 Å². The zero-order valence-corrected chi connectivity index (χ0v) is 8.76. The lowest BCUT2D eigenvalue weighted by molar-refractivity contribution is -0.152. The first-order valence-electron chi connectivity index (χ1n) is 4.58. The summed E-state index contributed by atoms with van der Waals surface area (Å²) in [5, 5.41) is 9.03. The van der Waals surface area contributed by atoms with Gasteiger partial charge in [-0.2, -0.15) is 5.26 Å². The van der Waals surface area contributed by atoms with Crippen LogP contribution in [0.4, 0.5) is 0 Å². The third-order valence-corrected chi connectivity index (χ3v) is 2.76. The second-order valence-electron chi connectivity index (χ2n) is 3.24. The van der Waals surface area contributed by atoms with E-state index in [4.69, 9.17) is 5.26 Å². The summed E-state index contributed by atoms with van der Waals surface area (Å²) in [5.41, 5.74) is -0.955. The predicted molar refractivity (Wildman–Crippen MR) is 49.8 cm³/mol. The molecule has 0 aromatic rings. The van der Waals surface area contributed by atoms with Gasteiger partial charge in [-0.3, -0.25) is 4.79 Å². The fraction of sp³-hybridized carbons (Fsp3) is 0.800. The van der Waals surface area contributed by atoms with Gasteiger partial charge in [-0.25, -0.2) is 0 Å². The molecule has 0 saturated carbocycles. The van der Waals surface area contributed by atoms with E-state index in [1.807, 2.05) is 20.8 Å². The zero-order valence-electron chi connectivity index (χ0n) is 8.76. The summed E-state index contributed by atoms with van der Waals surface area (Å²) in [6.45, 7) is 5.71. The van der Waals surface area contributed by atoms with Crippen molar-refractivity contribution in [3.05, 3.63) is 0 Å². The normalized spacial score (nSPS) is 16.8. The maximum Gasteiger partial charge on any atom is 0.326 e. The number of nitrogens with zero attached hydrogens (tertiary/aromatic N) is 1. The van der Waals surface area contributed by atoms with Gasteiger partial charge in [0.2, 0.25) is 0 Å². The average Bonchev–Trinajstić information content (AvgIpc) is 2.19. The number of rotatable bonds is 4. The molecule has 0 amide bonds. The Morgan fingerprint density at radius 1 is 1.62 bits per heavy atom. The highest BCUT2D eigenvalue weighted by Crippen LogP contribution is 2.34. The van der Waals surface area contributed by atoms with Crippen molar-refractivity contribution in [1.29, 1.82) is 5.26 Å². The molecule has 3 nitrogen and oxygen atoms in total. The molecule has 0 aromatic heterocycles. The second kappa shape index (κ2) is 4.86. The Morgan fingerprint density at radius 2 is 2.15 bits per heavy atom. The van der Waals surface area contributed by atoms with E-state index in [9.17, 15) is 4.79 Å². The van der Waals surface area contributed by atoms with Crippen molar-refractivity contribution in [3.63, 3.8) is 0 Å². The highest BCUT2D eigenvalue weighted by molar-refractivity contribution is 5.80. The van der Waals surface area contributed by atoms with E-state index in [1.165, 1.54) is 7.11 Å². The highest BCUT2D eigenvalue weighted by Gasteiger charge is 2.42. The molecule has 0 rings (SSSR count). The molecule has 13 heavy (non-hydrogen) atoms. The molecule has 0 aromatic carbocycles. The van der Waals surface area contributed by atoms with Crippen LogP contribution in [0.5, 0.6) is 0 Å². The molecular formula is C10H17NO2. The number of esters is 1. The summed E-state index contributed by atoms with van der Waals surface area (Å²) in [5.74, 6) is -0.373. The van der Waals surface area contributed by atoms with Gasteiger partial charge in [-0.1, -0.05) is 27.2 Å². The van der Waals surface area contributed by atoms with Gasteiger partial charge in [0.05, 0.1) is 13.2 Å². The fourth-order valence-corrected chi connectivity index (χ4v) is 1.46. The minimum Gasteiger partial charge on any atom is -0.468 e. The van der Waals surface area contributed by atoms with E-state index >= 15 is 0 Å². The predicted octanol–water partition coefficient (Wildman–Crippen LogP) is 2.13. The van der Waals surface area contributed by atoms with Crippen molar-refractivity contribution < 1.29 is 9.53 Å². The van der Waals surface area contributed by atoms with Crippen LogP contribution in [0.25, 0.3) is 0 Å². The topological polar surface area (TPSA) is 50.1 Å². The van der Waals surface area contributed by atoms with Crippen LogP contribution < -0.4 is 0 Å². The fourth-order valence-electron chi connectivity index (χ4n) is 1.46. The van der Waals surface area contributed by atoms with Gasteiger partial charge >= 0.3 is 5.97 Å². The Kier molecular flexibility index (Phi) is 4.47. The molecule has 0 aliphatic carbocycles. The van der Waals surface area contributed by atoms with Crippen molar-refractivity contribution in [3.8, 4) is 6.07 Å². The number of methoxy groups -OCH3 is 1. The Labute approximate surface area is 79.7 Å². The van der Waals surface area contributed by atoms with Crippen molar-refractivity contribution in [2.75, 3.05) is 7.11 Å². The molecule has 74 valence electrons. The van der Waals surface area contributed by atoms with Gasteiger partial charge in [0.25, 0.3) is 0 Å². The molecular weight excluding hydrogens is 166 g/mol. The van der Waals surface area contributed by atoms with Crippen LogP contribution in [-0.2, 0) is 9.53 Å². The number of nitriles is 1. The van der Waals surface area contributed by atoms with Crippen molar-refractivity contribution in [1.82, 2.24) is 0 Å². The molecule has 0 spiro atoms. The Balaban J connectivity index is 4.93.